The van der Waals surface area contributed by atoms with Gasteiger partial charge in [0.15, 0.2) is 0 Å². The zero-order chi connectivity index (χ0) is 16.1. The van der Waals surface area contributed by atoms with Crippen molar-refractivity contribution in [1.82, 2.24) is 10.6 Å². The molecule has 2 N–H and O–H groups in total. The van der Waals surface area contributed by atoms with E-state index in [0.717, 1.165) is 12.0 Å². The highest BCUT2D eigenvalue weighted by atomic mass is 32.1. The second-order valence-electron chi connectivity index (χ2n) is 5.32. The van der Waals surface area contributed by atoms with Gasteiger partial charge in [-0.1, -0.05) is 36.4 Å². The number of amides is 2. The van der Waals surface area contributed by atoms with Crippen LogP contribution in [0.5, 0.6) is 0 Å². The smallest absolute Gasteiger partial charge is 0.261 e. The maximum Gasteiger partial charge on any atom is 0.261 e. The lowest BCUT2D eigenvalue weighted by atomic mass is 10.0. The van der Waals surface area contributed by atoms with Crippen molar-refractivity contribution in [3.8, 4) is 0 Å². The molecule has 2 atom stereocenters. The molecule has 2 aromatic rings. The van der Waals surface area contributed by atoms with Gasteiger partial charge in [0.2, 0.25) is 5.91 Å². The van der Waals surface area contributed by atoms with Crippen LogP contribution in [0.2, 0.25) is 0 Å². The standard InChI is InChI=1S/C17H18N2O3S/c20-15(11-18-17(21)14-7-4-10-23-14)19-13-8-9-22-16(13)12-5-2-1-3-6-12/h1-7,10,13,16H,8-9,11H2,(H,18,21)(H,19,20)/t13-,16-/m1/s1. The minimum atomic E-state index is -0.225. The highest BCUT2D eigenvalue weighted by Crippen LogP contribution is 2.28. The van der Waals surface area contributed by atoms with E-state index < -0.39 is 0 Å². The Hall–Kier alpha value is -2.18. The minimum Gasteiger partial charge on any atom is -0.371 e. The first kappa shape index (κ1) is 15.7. The van der Waals surface area contributed by atoms with Crippen LogP contribution in [0.4, 0.5) is 0 Å². The molecule has 1 saturated heterocycles. The molecule has 1 aromatic heterocycles. The number of hydrogen-bond donors (Lipinski definition) is 2. The Morgan fingerprint density at radius 1 is 1.17 bits per heavy atom. The van der Waals surface area contributed by atoms with Gasteiger partial charge in [0, 0.05) is 6.61 Å². The van der Waals surface area contributed by atoms with E-state index in [0.29, 0.717) is 11.5 Å². The van der Waals surface area contributed by atoms with Crippen LogP contribution in [0.1, 0.15) is 27.8 Å². The second-order valence-corrected chi connectivity index (χ2v) is 6.27. The van der Waals surface area contributed by atoms with Crippen LogP contribution in [0.3, 0.4) is 0 Å². The summed E-state index contributed by atoms with van der Waals surface area (Å²) in [6.07, 6.45) is 0.637. The summed E-state index contributed by atoms with van der Waals surface area (Å²) in [5.74, 6) is -0.427. The Balaban J connectivity index is 1.52. The molecule has 1 fully saturated rings. The average Bonchev–Trinajstić information content (AvgIpc) is 3.25. The van der Waals surface area contributed by atoms with Crippen LogP contribution in [-0.2, 0) is 9.53 Å². The Bertz CT molecular complexity index is 658. The van der Waals surface area contributed by atoms with E-state index in [2.05, 4.69) is 10.6 Å². The van der Waals surface area contributed by atoms with Crippen molar-refractivity contribution in [2.45, 2.75) is 18.6 Å². The second kappa shape index (κ2) is 7.39. The van der Waals surface area contributed by atoms with Crippen LogP contribution >= 0.6 is 11.3 Å². The van der Waals surface area contributed by atoms with E-state index in [1.54, 1.807) is 12.1 Å². The predicted molar refractivity (Wildman–Crippen MR) is 88.3 cm³/mol. The monoisotopic (exact) mass is 330 g/mol. The molecule has 120 valence electrons. The van der Waals surface area contributed by atoms with Crippen LogP contribution in [0, 0.1) is 0 Å². The minimum absolute atomic E-state index is 0.0330. The number of carbonyl (C=O) groups is 2. The number of ether oxygens (including phenoxy) is 1. The maximum atomic E-state index is 12.1. The summed E-state index contributed by atoms with van der Waals surface area (Å²) in [5, 5.41) is 7.41. The SMILES string of the molecule is O=C(CNC(=O)c1cccs1)N[C@@H]1CCO[C@@H]1c1ccccc1. The van der Waals surface area contributed by atoms with Gasteiger partial charge >= 0.3 is 0 Å². The highest BCUT2D eigenvalue weighted by molar-refractivity contribution is 7.12. The zero-order valence-electron chi connectivity index (χ0n) is 12.5. The number of carbonyl (C=O) groups excluding carboxylic acids is 2. The van der Waals surface area contributed by atoms with Gasteiger partial charge in [-0.15, -0.1) is 11.3 Å². The third kappa shape index (κ3) is 3.97. The summed E-state index contributed by atoms with van der Waals surface area (Å²) < 4.78 is 5.74. The number of thiophene rings is 1. The fourth-order valence-corrected chi connectivity index (χ4v) is 3.26. The van der Waals surface area contributed by atoms with E-state index in [4.69, 9.17) is 4.74 Å². The average molecular weight is 330 g/mol. The Labute approximate surface area is 138 Å². The first-order valence-corrected chi connectivity index (χ1v) is 8.39. The Morgan fingerprint density at radius 2 is 2.00 bits per heavy atom. The number of benzene rings is 1. The fraction of sp³-hybridized carbons (Fsp3) is 0.294. The Morgan fingerprint density at radius 3 is 2.74 bits per heavy atom. The largest absolute Gasteiger partial charge is 0.371 e. The topological polar surface area (TPSA) is 67.4 Å². The molecule has 0 aliphatic carbocycles. The van der Waals surface area contributed by atoms with Gasteiger partial charge in [-0.3, -0.25) is 9.59 Å². The van der Waals surface area contributed by atoms with E-state index in [-0.39, 0.29) is 30.5 Å². The van der Waals surface area contributed by atoms with Crippen molar-refractivity contribution in [1.29, 1.82) is 0 Å². The van der Waals surface area contributed by atoms with Crippen molar-refractivity contribution < 1.29 is 14.3 Å². The normalized spacial score (nSPS) is 20.2. The lowest BCUT2D eigenvalue weighted by molar-refractivity contribution is -0.121. The molecule has 2 amide bonds. The highest BCUT2D eigenvalue weighted by Gasteiger charge is 2.30. The number of rotatable bonds is 5. The molecule has 3 rings (SSSR count). The molecule has 2 heterocycles. The maximum absolute atomic E-state index is 12.1. The van der Waals surface area contributed by atoms with Crippen molar-refractivity contribution in [3.63, 3.8) is 0 Å². The first-order chi connectivity index (χ1) is 11.2. The number of nitrogens with one attached hydrogen (secondary N) is 2. The molecule has 0 radical (unpaired) electrons. The third-order valence-corrected chi connectivity index (χ3v) is 4.59. The molecule has 0 bridgehead atoms. The quantitative estimate of drug-likeness (QED) is 0.882. The van der Waals surface area contributed by atoms with E-state index in [1.807, 2.05) is 35.7 Å². The van der Waals surface area contributed by atoms with Crippen molar-refractivity contribution in [3.05, 3.63) is 58.3 Å². The third-order valence-electron chi connectivity index (χ3n) is 3.72. The van der Waals surface area contributed by atoms with Crippen molar-refractivity contribution in [2.24, 2.45) is 0 Å². The fourth-order valence-electron chi connectivity index (χ4n) is 2.62. The van der Waals surface area contributed by atoms with E-state index in [1.165, 1.54) is 11.3 Å². The molecule has 0 spiro atoms. The molecule has 5 nitrogen and oxygen atoms in total. The van der Waals surface area contributed by atoms with Gasteiger partial charge in [0.1, 0.15) is 6.10 Å². The van der Waals surface area contributed by atoms with Gasteiger partial charge in [-0.25, -0.2) is 0 Å². The lowest BCUT2D eigenvalue weighted by Crippen LogP contribution is -2.43. The summed E-state index contributed by atoms with van der Waals surface area (Å²) in [7, 11) is 0. The van der Waals surface area contributed by atoms with Gasteiger partial charge in [0.05, 0.1) is 17.5 Å². The van der Waals surface area contributed by atoms with Crippen LogP contribution in [-0.4, -0.2) is 31.0 Å². The molecule has 1 aromatic carbocycles. The molecular formula is C17H18N2O3S. The molecule has 1 aliphatic rings. The van der Waals surface area contributed by atoms with E-state index in [9.17, 15) is 9.59 Å². The van der Waals surface area contributed by atoms with Crippen molar-refractivity contribution in [2.75, 3.05) is 13.2 Å². The molecular weight excluding hydrogens is 312 g/mol. The summed E-state index contributed by atoms with van der Waals surface area (Å²) in [5.41, 5.74) is 1.05. The van der Waals surface area contributed by atoms with E-state index >= 15 is 0 Å². The lowest BCUT2D eigenvalue weighted by Gasteiger charge is -2.20. The molecule has 0 saturated carbocycles. The summed E-state index contributed by atoms with van der Waals surface area (Å²) in [6, 6.07) is 13.3. The van der Waals surface area contributed by atoms with Crippen LogP contribution < -0.4 is 10.6 Å². The molecule has 6 heteroatoms. The summed E-state index contributed by atoms with van der Waals surface area (Å²) in [6.45, 7) is 0.584. The van der Waals surface area contributed by atoms with Crippen LogP contribution in [0.25, 0.3) is 0 Å². The summed E-state index contributed by atoms with van der Waals surface area (Å²) in [4.78, 5) is 24.5. The number of hydrogen-bond acceptors (Lipinski definition) is 4. The summed E-state index contributed by atoms with van der Waals surface area (Å²) >= 11 is 1.35. The zero-order valence-corrected chi connectivity index (χ0v) is 13.3. The molecule has 1 aliphatic heterocycles. The van der Waals surface area contributed by atoms with Gasteiger partial charge in [0.25, 0.3) is 5.91 Å². The van der Waals surface area contributed by atoms with Crippen LogP contribution in [0.15, 0.2) is 47.8 Å². The van der Waals surface area contributed by atoms with Gasteiger partial charge < -0.3 is 15.4 Å². The first-order valence-electron chi connectivity index (χ1n) is 7.51. The molecule has 23 heavy (non-hydrogen) atoms. The predicted octanol–water partition coefficient (Wildman–Crippen LogP) is 2.12. The van der Waals surface area contributed by atoms with Crippen molar-refractivity contribution >= 4 is 23.2 Å². The Kier molecular flexibility index (Phi) is 5.05. The van der Waals surface area contributed by atoms with Gasteiger partial charge in [-0.2, -0.15) is 0 Å². The molecule has 0 unspecified atom stereocenters. The van der Waals surface area contributed by atoms with Gasteiger partial charge in [-0.05, 0) is 23.4 Å².